The summed E-state index contributed by atoms with van der Waals surface area (Å²) >= 11 is 0. The molecule has 0 atom stereocenters. The van der Waals surface area contributed by atoms with Crippen LogP contribution in [-0.4, -0.2) is 68.7 Å². The first-order valence-electron chi connectivity index (χ1n) is 4.91. The minimum absolute atomic E-state index is 0.149. The predicted molar refractivity (Wildman–Crippen MR) is 54.5 cm³/mol. The predicted octanol–water partition coefficient (Wildman–Crippen LogP) is -0.884. The van der Waals surface area contributed by atoms with Crippen LogP contribution in [-0.2, 0) is 9.53 Å². The summed E-state index contributed by atoms with van der Waals surface area (Å²) in [5.41, 5.74) is 0. The van der Waals surface area contributed by atoms with E-state index in [1.165, 1.54) is 4.90 Å². The van der Waals surface area contributed by atoms with Crippen molar-refractivity contribution in [1.82, 2.24) is 15.1 Å². The van der Waals surface area contributed by atoms with Crippen LogP contribution in [0, 0.1) is 0 Å². The quantitative estimate of drug-likeness (QED) is 0.461. The van der Waals surface area contributed by atoms with Gasteiger partial charge in [0.1, 0.15) is 6.54 Å². The second-order valence-corrected chi connectivity index (χ2v) is 3.69. The van der Waals surface area contributed by atoms with Crippen LogP contribution in [0.4, 0.5) is 4.79 Å². The number of carbonyl (C=O) groups excluding carboxylic acids is 2. The van der Waals surface area contributed by atoms with E-state index >= 15 is 0 Å². The van der Waals surface area contributed by atoms with Crippen molar-refractivity contribution in [3.8, 4) is 0 Å². The molecule has 3 amide bonds. The number of hydrogen-bond acceptors (Lipinski definition) is 4. The van der Waals surface area contributed by atoms with E-state index in [4.69, 9.17) is 4.74 Å². The minimum Gasteiger partial charge on any atom is -0.378 e. The average Bonchev–Trinajstić information content (AvgIpc) is 2.44. The van der Waals surface area contributed by atoms with Crippen molar-refractivity contribution in [2.24, 2.45) is 0 Å². The normalized spacial score (nSPS) is 16.3. The lowest BCUT2D eigenvalue weighted by Crippen LogP contribution is -2.31. The van der Waals surface area contributed by atoms with Crippen LogP contribution in [0.5, 0.6) is 0 Å². The highest BCUT2D eigenvalue weighted by atomic mass is 16.5. The number of ether oxygens (including phenoxy) is 1. The molecule has 0 radical (unpaired) electrons. The van der Waals surface area contributed by atoms with E-state index in [0.29, 0.717) is 19.8 Å². The lowest BCUT2D eigenvalue weighted by atomic mass is 10.5. The van der Waals surface area contributed by atoms with E-state index in [0.717, 1.165) is 6.54 Å². The summed E-state index contributed by atoms with van der Waals surface area (Å²) in [7, 11) is 3.94. The Morgan fingerprint density at radius 3 is 2.67 bits per heavy atom. The van der Waals surface area contributed by atoms with E-state index in [2.05, 4.69) is 5.32 Å². The molecule has 0 bridgehead atoms. The van der Waals surface area contributed by atoms with Gasteiger partial charge >= 0.3 is 6.03 Å². The fourth-order valence-corrected chi connectivity index (χ4v) is 1.19. The van der Waals surface area contributed by atoms with Gasteiger partial charge in [-0.15, -0.1) is 0 Å². The molecular weight excluding hydrogens is 198 g/mol. The van der Waals surface area contributed by atoms with E-state index in [1.54, 1.807) is 0 Å². The van der Waals surface area contributed by atoms with Crippen molar-refractivity contribution in [2.45, 2.75) is 0 Å². The third kappa shape index (κ3) is 4.26. The molecule has 86 valence electrons. The smallest absolute Gasteiger partial charge is 0.324 e. The molecule has 6 heteroatoms. The molecule has 0 spiro atoms. The van der Waals surface area contributed by atoms with E-state index in [1.807, 2.05) is 19.0 Å². The summed E-state index contributed by atoms with van der Waals surface area (Å²) in [6.07, 6.45) is 0. The summed E-state index contributed by atoms with van der Waals surface area (Å²) in [6.45, 7) is 2.57. The van der Waals surface area contributed by atoms with E-state index in [-0.39, 0.29) is 18.5 Å². The van der Waals surface area contributed by atoms with Crippen LogP contribution >= 0.6 is 0 Å². The van der Waals surface area contributed by atoms with Crippen molar-refractivity contribution in [3.63, 3.8) is 0 Å². The molecule has 0 aliphatic carbocycles. The van der Waals surface area contributed by atoms with Crippen LogP contribution in [0.2, 0.25) is 0 Å². The Labute approximate surface area is 89.2 Å². The number of hydrogen-bond donors (Lipinski definition) is 1. The van der Waals surface area contributed by atoms with Gasteiger partial charge in [-0.05, 0) is 14.1 Å². The molecule has 0 saturated carbocycles. The Kier molecular flexibility index (Phi) is 4.51. The number of nitrogens with zero attached hydrogens (tertiary/aromatic N) is 2. The lowest BCUT2D eigenvalue weighted by Gasteiger charge is -2.14. The standard InChI is InChI=1S/C9H17N3O3/c1-11(2)3-5-15-6-4-12-7-8(13)10-9(12)14/h3-7H2,1-2H3,(H,10,13,14). The molecule has 1 N–H and O–H groups in total. The Hall–Kier alpha value is -1.14. The van der Waals surface area contributed by atoms with Crippen molar-refractivity contribution in [3.05, 3.63) is 0 Å². The van der Waals surface area contributed by atoms with Crippen LogP contribution in [0.1, 0.15) is 0 Å². The molecular formula is C9H17N3O3. The van der Waals surface area contributed by atoms with Gasteiger partial charge in [-0.25, -0.2) is 4.79 Å². The summed E-state index contributed by atoms with van der Waals surface area (Å²) < 4.78 is 5.32. The summed E-state index contributed by atoms with van der Waals surface area (Å²) in [4.78, 5) is 25.4. The topological polar surface area (TPSA) is 61.9 Å². The van der Waals surface area contributed by atoms with Gasteiger partial charge in [-0.1, -0.05) is 0 Å². The first-order chi connectivity index (χ1) is 7.09. The molecule has 1 aliphatic heterocycles. The molecule has 1 fully saturated rings. The number of nitrogens with one attached hydrogen (secondary N) is 1. The number of urea groups is 1. The Bertz CT molecular complexity index is 243. The molecule has 1 heterocycles. The Morgan fingerprint density at radius 1 is 1.40 bits per heavy atom. The van der Waals surface area contributed by atoms with E-state index in [9.17, 15) is 9.59 Å². The van der Waals surface area contributed by atoms with Gasteiger partial charge < -0.3 is 14.5 Å². The highest BCUT2D eigenvalue weighted by Gasteiger charge is 2.25. The second-order valence-electron chi connectivity index (χ2n) is 3.69. The highest BCUT2D eigenvalue weighted by molar-refractivity contribution is 6.01. The van der Waals surface area contributed by atoms with Gasteiger partial charge in [-0.2, -0.15) is 0 Å². The van der Waals surface area contributed by atoms with Gasteiger partial charge in [0.15, 0.2) is 0 Å². The Morgan fingerprint density at radius 2 is 2.13 bits per heavy atom. The van der Waals surface area contributed by atoms with Crippen LogP contribution < -0.4 is 5.32 Å². The number of carbonyl (C=O) groups is 2. The second kappa shape index (κ2) is 5.67. The molecule has 0 aromatic carbocycles. The molecule has 6 nitrogen and oxygen atoms in total. The first kappa shape index (κ1) is 11.9. The third-order valence-corrected chi connectivity index (χ3v) is 2.06. The molecule has 1 rings (SSSR count). The van der Waals surface area contributed by atoms with Gasteiger partial charge in [0.2, 0.25) is 5.91 Å². The van der Waals surface area contributed by atoms with E-state index < -0.39 is 0 Å². The average molecular weight is 215 g/mol. The maximum absolute atomic E-state index is 11.1. The van der Waals surface area contributed by atoms with Crippen LogP contribution in [0.3, 0.4) is 0 Å². The molecule has 0 unspecified atom stereocenters. The summed E-state index contributed by atoms with van der Waals surface area (Å²) in [5, 5.41) is 2.21. The molecule has 15 heavy (non-hydrogen) atoms. The fourth-order valence-electron chi connectivity index (χ4n) is 1.19. The summed E-state index contributed by atoms with van der Waals surface area (Å²) in [6, 6.07) is -0.323. The zero-order valence-electron chi connectivity index (χ0n) is 9.15. The summed E-state index contributed by atoms with van der Waals surface area (Å²) in [5.74, 6) is -0.242. The highest BCUT2D eigenvalue weighted by Crippen LogP contribution is 1.97. The molecule has 1 aliphatic rings. The van der Waals surface area contributed by atoms with Crippen molar-refractivity contribution in [2.75, 3.05) is 46.9 Å². The SMILES string of the molecule is CN(C)CCOCCN1CC(=O)NC1=O. The number of amides is 3. The van der Waals surface area contributed by atoms with Gasteiger partial charge in [0.25, 0.3) is 0 Å². The molecule has 0 aromatic rings. The zero-order chi connectivity index (χ0) is 11.3. The maximum Gasteiger partial charge on any atom is 0.324 e. The number of rotatable bonds is 6. The molecule has 1 saturated heterocycles. The Balaban J connectivity index is 2.05. The van der Waals surface area contributed by atoms with Gasteiger partial charge in [0.05, 0.1) is 13.2 Å². The zero-order valence-corrected chi connectivity index (χ0v) is 9.15. The van der Waals surface area contributed by atoms with Crippen LogP contribution in [0.25, 0.3) is 0 Å². The number of imide groups is 1. The monoisotopic (exact) mass is 215 g/mol. The largest absolute Gasteiger partial charge is 0.378 e. The van der Waals surface area contributed by atoms with Crippen LogP contribution in [0.15, 0.2) is 0 Å². The van der Waals surface area contributed by atoms with Crippen molar-refractivity contribution in [1.29, 1.82) is 0 Å². The van der Waals surface area contributed by atoms with Gasteiger partial charge in [0, 0.05) is 13.1 Å². The minimum atomic E-state index is -0.323. The van der Waals surface area contributed by atoms with Crippen molar-refractivity contribution < 1.29 is 14.3 Å². The molecule has 0 aromatic heterocycles. The number of likely N-dealkylation sites (N-methyl/N-ethyl adjacent to an activating group) is 1. The van der Waals surface area contributed by atoms with Gasteiger partial charge in [-0.3, -0.25) is 10.1 Å². The lowest BCUT2D eigenvalue weighted by molar-refractivity contribution is -0.118. The third-order valence-electron chi connectivity index (χ3n) is 2.06. The van der Waals surface area contributed by atoms with Crippen molar-refractivity contribution >= 4 is 11.9 Å². The fraction of sp³-hybridized carbons (Fsp3) is 0.778. The maximum atomic E-state index is 11.1. The first-order valence-corrected chi connectivity index (χ1v) is 4.91.